The molecule has 0 spiro atoms. The number of esters is 2. The second-order valence-corrected chi connectivity index (χ2v) is 8.86. The fourth-order valence-electron chi connectivity index (χ4n) is 3.39. The number of alkyl halides is 1. The number of nitrogens with zero attached hydrogens (tertiary/aromatic N) is 2. The Bertz CT molecular complexity index is 1080. The van der Waals surface area contributed by atoms with E-state index >= 15 is 4.39 Å². The minimum atomic E-state index is -2.09. The Morgan fingerprint density at radius 1 is 1.09 bits per heavy atom. The average Bonchev–Trinajstić information content (AvgIpc) is 3.13. The molecule has 11 heteroatoms. The average molecular weight is 488 g/mol. The Morgan fingerprint density at radius 2 is 1.71 bits per heavy atom. The van der Waals surface area contributed by atoms with Crippen molar-refractivity contribution in [2.75, 3.05) is 6.54 Å². The molecule has 1 unspecified atom stereocenters. The van der Waals surface area contributed by atoms with E-state index < -0.39 is 53.4 Å². The molecule has 0 aliphatic carbocycles. The van der Waals surface area contributed by atoms with Crippen LogP contribution in [0.5, 0.6) is 0 Å². The molecule has 3 atom stereocenters. The number of ether oxygens (including phenoxy) is 3. The summed E-state index contributed by atoms with van der Waals surface area (Å²) in [6, 6.07) is 11.6. The maximum Gasteiger partial charge on any atom is 0.411 e. The van der Waals surface area contributed by atoms with Gasteiger partial charge in [-0.15, -0.1) is 0 Å². The number of carbonyl (C=O) groups excluding carboxylic acids is 3. The van der Waals surface area contributed by atoms with Gasteiger partial charge >= 0.3 is 18.0 Å². The topological polar surface area (TPSA) is 125 Å². The van der Waals surface area contributed by atoms with Crippen molar-refractivity contribution in [3.8, 4) is 0 Å². The summed E-state index contributed by atoms with van der Waals surface area (Å²) in [6.45, 7) is 4.26. The number of benzene rings is 2. The lowest BCUT2D eigenvalue weighted by Crippen LogP contribution is -2.46. The fraction of sp³-hybridized carbons (Fsp3) is 0.375. The standard InChI is InChI=1S/C24H25FN2O8/c1-24(2,3)35-23(30)26-13-18(34-21(28)16-9-11-17(12-10-16)27(31)32)19(25)20(26)22(29)33-14-15-7-5-4-6-8-15/h4-12,18-20H,13-14H2,1-3H3/t18?,19-,20-/m0/s1. The van der Waals surface area contributed by atoms with Gasteiger partial charge in [-0.25, -0.2) is 18.8 Å². The Morgan fingerprint density at radius 3 is 2.29 bits per heavy atom. The third-order valence-electron chi connectivity index (χ3n) is 5.03. The first-order chi connectivity index (χ1) is 16.5. The third-order valence-corrected chi connectivity index (χ3v) is 5.03. The van der Waals surface area contributed by atoms with E-state index in [9.17, 15) is 24.5 Å². The van der Waals surface area contributed by atoms with Gasteiger partial charge in [0.05, 0.1) is 17.0 Å². The van der Waals surface area contributed by atoms with E-state index in [1.54, 1.807) is 51.1 Å². The third kappa shape index (κ3) is 6.52. The normalized spacial score (nSPS) is 19.7. The maximum absolute atomic E-state index is 15.4. The molecule has 0 radical (unpaired) electrons. The number of non-ortho nitro benzene ring substituents is 1. The van der Waals surface area contributed by atoms with Crippen LogP contribution in [0.2, 0.25) is 0 Å². The Kier molecular flexibility index (Phi) is 7.68. The molecular formula is C24H25FN2O8. The molecule has 2 aromatic rings. The number of nitro benzene ring substituents is 1. The summed E-state index contributed by atoms with van der Waals surface area (Å²) in [5.41, 5.74) is -0.543. The van der Waals surface area contributed by atoms with E-state index in [1.165, 1.54) is 12.1 Å². The number of amides is 1. The Labute approximate surface area is 200 Å². The molecule has 1 heterocycles. The smallest absolute Gasteiger partial charge is 0.411 e. The predicted octanol–water partition coefficient (Wildman–Crippen LogP) is 3.82. The number of likely N-dealkylation sites (tertiary alicyclic amines) is 1. The first-order valence-corrected chi connectivity index (χ1v) is 10.8. The SMILES string of the molecule is CC(C)(C)OC(=O)N1CC(OC(=O)c2ccc([N+](=O)[O-])cc2)[C@H](F)[C@H]1C(=O)OCc1ccccc1. The van der Waals surface area contributed by atoms with Crippen LogP contribution >= 0.6 is 0 Å². The summed E-state index contributed by atoms with van der Waals surface area (Å²) < 4.78 is 31.2. The van der Waals surface area contributed by atoms with Gasteiger partial charge in [-0.05, 0) is 38.5 Å². The molecule has 0 aromatic heterocycles. The zero-order valence-corrected chi connectivity index (χ0v) is 19.4. The molecule has 1 aliphatic rings. The minimum Gasteiger partial charge on any atom is -0.459 e. The van der Waals surface area contributed by atoms with E-state index in [0.717, 1.165) is 17.0 Å². The van der Waals surface area contributed by atoms with Crippen molar-refractivity contribution in [3.05, 3.63) is 75.8 Å². The maximum atomic E-state index is 15.4. The highest BCUT2D eigenvalue weighted by atomic mass is 19.1. The lowest BCUT2D eigenvalue weighted by atomic mass is 10.1. The fourth-order valence-corrected chi connectivity index (χ4v) is 3.39. The highest BCUT2D eigenvalue weighted by Crippen LogP contribution is 2.28. The second-order valence-electron chi connectivity index (χ2n) is 8.86. The van der Waals surface area contributed by atoms with E-state index in [0.29, 0.717) is 5.56 Å². The summed E-state index contributed by atoms with van der Waals surface area (Å²) in [7, 11) is 0. The molecule has 186 valence electrons. The highest BCUT2D eigenvalue weighted by molar-refractivity contribution is 5.90. The van der Waals surface area contributed by atoms with Gasteiger partial charge in [0.15, 0.2) is 18.3 Å². The molecule has 1 saturated heterocycles. The van der Waals surface area contributed by atoms with E-state index in [2.05, 4.69) is 0 Å². The van der Waals surface area contributed by atoms with Crippen LogP contribution in [0.3, 0.4) is 0 Å². The van der Waals surface area contributed by atoms with Crippen LogP contribution in [0.25, 0.3) is 0 Å². The zero-order chi connectivity index (χ0) is 25.8. The van der Waals surface area contributed by atoms with E-state index in [4.69, 9.17) is 14.2 Å². The van der Waals surface area contributed by atoms with Crippen molar-refractivity contribution >= 4 is 23.7 Å². The number of rotatable bonds is 6. The van der Waals surface area contributed by atoms with Gasteiger partial charge in [0.2, 0.25) is 0 Å². The van der Waals surface area contributed by atoms with Crippen molar-refractivity contribution < 1.29 is 37.9 Å². The Hall–Kier alpha value is -4.02. The Balaban J connectivity index is 1.76. The highest BCUT2D eigenvalue weighted by Gasteiger charge is 2.52. The van der Waals surface area contributed by atoms with Crippen LogP contribution in [-0.2, 0) is 25.6 Å². The van der Waals surface area contributed by atoms with Crippen molar-refractivity contribution in [1.29, 1.82) is 0 Å². The quantitative estimate of drug-likeness (QED) is 0.260. The molecule has 3 rings (SSSR count). The van der Waals surface area contributed by atoms with Crippen LogP contribution < -0.4 is 0 Å². The number of nitro groups is 1. The summed E-state index contributed by atoms with van der Waals surface area (Å²) in [5, 5.41) is 10.8. The summed E-state index contributed by atoms with van der Waals surface area (Å²) in [4.78, 5) is 49.0. The molecule has 10 nitrogen and oxygen atoms in total. The number of hydrogen-bond acceptors (Lipinski definition) is 8. The van der Waals surface area contributed by atoms with E-state index in [-0.39, 0.29) is 17.9 Å². The molecule has 35 heavy (non-hydrogen) atoms. The van der Waals surface area contributed by atoms with Crippen molar-refractivity contribution in [2.45, 2.75) is 51.3 Å². The second kappa shape index (κ2) is 10.5. The minimum absolute atomic E-state index is 0.0540. The van der Waals surface area contributed by atoms with Crippen LogP contribution in [-0.4, -0.2) is 58.3 Å². The number of hydrogen-bond donors (Lipinski definition) is 0. The lowest BCUT2D eigenvalue weighted by Gasteiger charge is -2.27. The van der Waals surface area contributed by atoms with Crippen LogP contribution in [0.1, 0.15) is 36.7 Å². The molecule has 0 saturated carbocycles. The van der Waals surface area contributed by atoms with Gasteiger partial charge in [0.1, 0.15) is 12.2 Å². The zero-order valence-electron chi connectivity index (χ0n) is 19.4. The van der Waals surface area contributed by atoms with Crippen LogP contribution in [0.15, 0.2) is 54.6 Å². The monoisotopic (exact) mass is 488 g/mol. The van der Waals surface area contributed by atoms with Crippen molar-refractivity contribution in [3.63, 3.8) is 0 Å². The van der Waals surface area contributed by atoms with E-state index in [1.807, 2.05) is 0 Å². The molecule has 1 amide bonds. The lowest BCUT2D eigenvalue weighted by molar-refractivity contribution is -0.384. The van der Waals surface area contributed by atoms with Crippen LogP contribution in [0, 0.1) is 10.1 Å². The first-order valence-electron chi connectivity index (χ1n) is 10.8. The molecule has 2 aromatic carbocycles. The van der Waals surface area contributed by atoms with Crippen molar-refractivity contribution in [2.24, 2.45) is 0 Å². The molecule has 0 N–H and O–H groups in total. The van der Waals surface area contributed by atoms with Gasteiger partial charge < -0.3 is 14.2 Å². The summed E-state index contributed by atoms with van der Waals surface area (Å²) in [5.74, 6) is -1.98. The van der Waals surface area contributed by atoms with Gasteiger partial charge in [0.25, 0.3) is 5.69 Å². The first kappa shape index (κ1) is 25.6. The van der Waals surface area contributed by atoms with Crippen molar-refractivity contribution in [1.82, 2.24) is 4.90 Å². The van der Waals surface area contributed by atoms with Gasteiger partial charge in [-0.2, -0.15) is 0 Å². The predicted molar refractivity (Wildman–Crippen MR) is 120 cm³/mol. The molecular weight excluding hydrogens is 463 g/mol. The summed E-state index contributed by atoms with van der Waals surface area (Å²) in [6.07, 6.45) is -4.54. The number of halogens is 1. The molecule has 1 fully saturated rings. The molecule has 1 aliphatic heterocycles. The van der Waals surface area contributed by atoms with Gasteiger partial charge in [-0.3, -0.25) is 15.0 Å². The molecule has 0 bridgehead atoms. The number of carbonyl (C=O) groups is 3. The summed E-state index contributed by atoms with van der Waals surface area (Å²) >= 11 is 0. The van der Waals surface area contributed by atoms with Gasteiger partial charge in [-0.1, -0.05) is 30.3 Å². The van der Waals surface area contributed by atoms with Crippen LogP contribution in [0.4, 0.5) is 14.9 Å². The largest absolute Gasteiger partial charge is 0.459 e. The van der Waals surface area contributed by atoms with Gasteiger partial charge in [0, 0.05) is 12.1 Å².